The maximum atomic E-state index is 13.1. The van der Waals surface area contributed by atoms with Gasteiger partial charge in [0.2, 0.25) is 0 Å². The van der Waals surface area contributed by atoms with E-state index in [0.29, 0.717) is 17.4 Å². The Labute approximate surface area is 148 Å². The van der Waals surface area contributed by atoms with Gasteiger partial charge in [0, 0.05) is 19.6 Å². The molecule has 2 unspecified atom stereocenters. The number of rotatable bonds is 2. The predicted octanol–water partition coefficient (Wildman–Crippen LogP) is 3.58. The summed E-state index contributed by atoms with van der Waals surface area (Å²) in [4.78, 5) is 17.7. The van der Waals surface area contributed by atoms with E-state index in [-0.39, 0.29) is 5.97 Å². The van der Waals surface area contributed by atoms with Gasteiger partial charge in [0.15, 0.2) is 0 Å². The van der Waals surface area contributed by atoms with Crippen LogP contribution in [0, 0.1) is 0 Å². The average Bonchev–Trinajstić information content (AvgIpc) is 2.71. The van der Waals surface area contributed by atoms with Crippen molar-refractivity contribution in [1.29, 1.82) is 0 Å². The molecule has 2 aliphatic heterocycles. The van der Waals surface area contributed by atoms with Crippen LogP contribution in [0.15, 0.2) is 12.4 Å². The van der Waals surface area contributed by atoms with Crippen LogP contribution in [-0.2, 0) is 11.3 Å². The minimum Gasteiger partial charge on any atom is -0.456 e. The number of carbonyl (C=O) groups is 1. The molecule has 2 atom stereocenters. The summed E-state index contributed by atoms with van der Waals surface area (Å²) >= 11 is 0. The van der Waals surface area contributed by atoms with E-state index < -0.39 is 5.60 Å². The molecule has 25 heavy (non-hydrogen) atoms. The minimum atomic E-state index is -0.512. The van der Waals surface area contributed by atoms with Crippen LogP contribution in [0.2, 0.25) is 0 Å². The molecule has 5 heteroatoms. The number of carbonyl (C=O) groups excluding carboxylic acids is 1. The first-order chi connectivity index (χ1) is 11.9. The van der Waals surface area contributed by atoms with Gasteiger partial charge in [0.05, 0.1) is 17.4 Å². The number of aromatic nitrogens is 2. The van der Waals surface area contributed by atoms with Gasteiger partial charge in [-0.1, -0.05) is 0 Å². The Morgan fingerprint density at radius 2 is 2.04 bits per heavy atom. The van der Waals surface area contributed by atoms with Crippen LogP contribution in [0.25, 0.3) is 11.0 Å². The monoisotopic (exact) mass is 341 g/mol. The lowest BCUT2D eigenvalue weighted by molar-refractivity contribution is 0.00696. The van der Waals surface area contributed by atoms with Crippen molar-refractivity contribution in [1.82, 2.24) is 14.9 Å². The molecular formula is C20H27N3O2. The lowest BCUT2D eigenvalue weighted by atomic mass is 9.75. The Bertz CT molecular complexity index is 828. The van der Waals surface area contributed by atoms with Crippen molar-refractivity contribution in [3.05, 3.63) is 29.1 Å². The van der Waals surface area contributed by atoms with Gasteiger partial charge in [-0.25, -0.2) is 9.78 Å². The molecule has 0 spiro atoms. The van der Waals surface area contributed by atoms with Crippen molar-refractivity contribution >= 4 is 17.0 Å². The molecule has 0 saturated carbocycles. The number of hydrogen-bond donors (Lipinski definition) is 1. The highest BCUT2D eigenvalue weighted by molar-refractivity contribution is 6.04. The molecule has 3 heterocycles. The van der Waals surface area contributed by atoms with E-state index in [0.717, 1.165) is 37.1 Å². The third-order valence-corrected chi connectivity index (χ3v) is 5.42. The van der Waals surface area contributed by atoms with Gasteiger partial charge in [-0.15, -0.1) is 0 Å². The lowest BCUT2D eigenvalue weighted by Gasteiger charge is -2.30. The van der Waals surface area contributed by atoms with Crippen LogP contribution in [-0.4, -0.2) is 34.2 Å². The highest BCUT2D eigenvalue weighted by Gasteiger charge is 2.37. The smallest absolute Gasteiger partial charge is 0.341 e. The Hall–Kier alpha value is -1.88. The van der Waals surface area contributed by atoms with Crippen LogP contribution in [0.4, 0.5) is 0 Å². The van der Waals surface area contributed by atoms with Crippen LogP contribution in [0.3, 0.4) is 0 Å². The Balaban J connectivity index is 1.99. The van der Waals surface area contributed by atoms with E-state index >= 15 is 0 Å². The standard InChI is InChI=1S/C20H27N3O2/c1-5-23-11-22-18-15(23)8-14-12-6-7-13(10-21-9-12)16(14)17(18)19(24)25-20(2,3)4/h8,11-13,21H,5-7,9-10H2,1-4H3. The number of benzene rings is 1. The number of nitrogens with zero attached hydrogens (tertiary/aromatic N) is 2. The molecule has 1 fully saturated rings. The SMILES string of the molecule is CCn1cnc2c(C(=O)OC(C)(C)C)c3c(cc21)C1CCC3CNC1. The van der Waals surface area contributed by atoms with E-state index in [4.69, 9.17) is 4.74 Å². The number of fused-ring (bicyclic) bond motifs is 4. The van der Waals surface area contributed by atoms with Crippen molar-refractivity contribution in [3.8, 4) is 0 Å². The maximum Gasteiger partial charge on any atom is 0.341 e. The molecule has 5 rings (SSSR count). The second-order valence-electron chi connectivity index (χ2n) is 8.28. The van der Waals surface area contributed by atoms with Crippen molar-refractivity contribution in [2.75, 3.05) is 13.1 Å². The molecule has 1 aromatic heterocycles. The van der Waals surface area contributed by atoms with Crippen LogP contribution >= 0.6 is 0 Å². The zero-order valence-electron chi connectivity index (χ0n) is 15.6. The number of hydrogen-bond acceptors (Lipinski definition) is 4. The van der Waals surface area contributed by atoms with Crippen LogP contribution in [0.5, 0.6) is 0 Å². The summed E-state index contributed by atoms with van der Waals surface area (Å²) < 4.78 is 7.90. The van der Waals surface area contributed by atoms with Gasteiger partial charge < -0.3 is 14.6 Å². The molecule has 1 N–H and O–H groups in total. The largest absolute Gasteiger partial charge is 0.456 e. The molecule has 1 aliphatic carbocycles. The number of imidazole rings is 1. The zero-order chi connectivity index (χ0) is 17.8. The van der Waals surface area contributed by atoms with Gasteiger partial charge in [0.1, 0.15) is 11.1 Å². The number of nitrogens with one attached hydrogen (secondary N) is 1. The first-order valence-electron chi connectivity index (χ1n) is 9.34. The third kappa shape index (κ3) is 2.74. The number of aryl methyl sites for hydroxylation is 1. The summed E-state index contributed by atoms with van der Waals surface area (Å²) in [6.45, 7) is 10.6. The Morgan fingerprint density at radius 3 is 2.76 bits per heavy atom. The summed E-state index contributed by atoms with van der Waals surface area (Å²) in [5.41, 5.74) is 4.54. The molecule has 1 aromatic carbocycles. The first-order valence-corrected chi connectivity index (χ1v) is 9.34. The van der Waals surface area contributed by atoms with Gasteiger partial charge in [-0.05, 0) is 69.6 Å². The third-order valence-electron chi connectivity index (χ3n) is 5.42. The van der Waals surface area contributed by atoms with Crippen LogP contribution in [0.1, 0.15) is 73.9 Å². The highest BCUT2D eigenvalue weighted by Crippen LogP contribution is 2.44. The van der Waals surface area contributed by atoms with Crippen molar-refractivity contribution < 1.29 is 9.53 Å². The summed E-state index contributed by atoms with van der Waals surface area (Å²) in [7, 11) is 0. The molecular weight excluding hydrogens is 314 g/mol. The van der Waals surface area contributed by atoms with Gasteiger partial charge in [-0.3, -0.25) is 0 Å². The second kappa shape index (κ2) is 5.84. The Kier molecular flexibility index (Phi) is 3.87. The topological polar surface area (TPSA) is 56.2 Å². The molecule has 3 aliphatic rings. The fourth-order valence-corrected chi connectivity index (χ4v) is 4.35. The maximum absolute atomic E-state index is 13.1. The molecule has 0 radical (unpaired) electrons. The summed E-state index contributed by atoms with van der Waals surface area (Å²) in [5.74, 6) is 0.607. The second-order valence-corrected chi connectivity index (χ2v) is 8.28. The Morgan fingerprint density at radius 1 is 1.32 bits per heavy atom. The number of ether oxygens (including phenoxy) is 1. The molecule has 0 amide bonds. The highest BCUT2D eigenvalue weighted by atomic mass is 16.6. The predicted molar refractivity (Wildman–Crippen MR) is 98.2 cm³/mol. The average molecular weight is 341 g/mol. The van der Waals surface area contributed by atoms with E-state index in [1.54, 1.807) is 0 Å². The molecule has 2 aromatic rings. The van der Waals surface area contributed by atoms with E-state index in [1.807, 2.05) is 27.1 Å². The van der Waals surface area contributed by atoms with E-state index in [9.17, 15) is 4.79 Å². The van der Waals surface area contributed by atoms with Gasteiger partial charge in [-0.2, -0.15) is 0 Å². The van der Waals surface area contributed by atoms with Gasteiger partial charge >= 0.3 is 5.97 Å². The van der Waals surface area contributed by atoms with Gasteiger partial charge in [0.25, 0.3) is 0 Å². The summed E-state index contributed by atoms with van der Waals surface area (Å²) in [6.07, 6.45) is 4.16. The molecule has 134 valence electrons. The van der Waals surface area contributed by atoms with E-state index in [2.05, 4.69) is 27.9 Å². The van der Waals surface area contributed by atoms with E-state index in [1.165, 1.54) is 17.5 Å². The number of esters is 1. The quantitative estimate of drug-likeness (QED) is 0.849. The summed E-state index contributed by atoms with van der Waals surface area (Å²) in [5, 5.41) is 3.57. The molecule has 1 saturated heterocycles. The summed E-state index contributed by atoms with van der Waals surface area (Å²) in [6, 6.07) is 2.28. The fourth-order valence-electron chi connectivity index (χ4n) is 4.35. The molecule has 2 bridgehead atoms. The normalized spacial score (nSPS) is 22.7. The van der Waals surface area contributed by atoms with Crippen molar-refractivity contribution in [2.45, 2.75) is 64.5 Å². The van der Waals surface area contributed by atoms with Crippen molar-refractivity contribution in [2.24, 2.45) is 0 Å². The van der Waals surface area contributed by atoms with Crippen molar-refractivity contribution in [3.63, 3.8) is 0 Å². The molecule has 5 nitrogen and oxygen atoms in total. The lowest BCUT2D eigenvalue weighted by Crippen LogP contribution is -2.27. The minimum absolute atomic E-state index is 0.233. The zero-order valence-corrected chi connectivity index (χ0v) is 15.6. The first kappa shape index (κ1) is 16.6. The fraction of sp³-hybridized carbons (Fsp3) is 0.600. The van der Waals surface area contributed by atoms with Crippen LogP contribution < -0.4 is 5.32 Å².